The lowest BCUT2D eigenvalue weighted by Crippen LogP contribution is -2.22. The lowest BCUT2D eigenvalue weighted by Gasteiger charge is -2.15. The van der Waals surface area contributed by atoms with Crippen LogP contribution in [-0.4, -0.2) is 41.1 Å². The summed E-state index contributed by atoms with van der Waals surface area (Å²) in [6.07, 6.45) is 8.54. The molecule has 0 saturated carbocycles. The van der Waals surface area contributed by atoms with Crippen LogP contribution in [-0.2, 0) is 6.42 Å². The van der Waals surface area contributed by atoms with E-state index in [0.717, 1.165) is 42.8 Å². The number of aromatic amines is 1. The third-order valence-electron chi connectivity index (χ3n) is 5.04. The molecule has 0 bridgehead atoms. The average molecular weight is 323 g/mol. The Hall–Kier alpha value is -2.07. The zero-order chi connectivity index (χ0) is 16.4. The van der Waals surface area contributed by atoms with Crippen LogP contribution in [0.5, 0.6) is 5.75 Å². The molecule has 4 nitrogen and oxygen atoms in total. The van der Waals surface area contributed by atoms with E-state index in [-0.39, 0.29) is 0 Å². The third kappa shape index (κ3) is 2.98. The van der Waals surface area contributed by atoms with Crippen LogP contribution in [0.1, 0.15) is 31.7 Å². The van der Waals surface area contributed by atoms with Crippen molar-refractivity contribution in [1.82, 2.24) is 14.9 Å². The van der Waals surface area contributed by atoms with Gasteiger partial charge >= 0.3 is 0 Å². The van der Waals surface area contributed by atoms with Gasteiger partial charge in [-0.2, -0.15) is 0 Å². The largest absolute Gasteiger partial charge is 0.493 e. The van der Waals surface area contributed by atoms with Gasteiger partial charge in [-0.3, -0.25) is 4.98 Å². The summed E-state index contributed by atoms with van der Waals surface area (Å²) in [5.74, 6) is 1.02. The van der Waals surface area contributed by atoms with E-state index in [2.05, 4.69) is 33.9 Å². The second kappa shape index (κ2) is 6.81. The summed E-state index contributed by atoms with van der Waals surface area (Å²) in [6.45, 7) is 6.65. The quantitative estimate of drug-likeness (QED) is 0.693. The number of fused-ring (bicyclic) bond motifs is 3. The Morgan fingerprint density at radius 1 is 1.17 bits per heavy atom. The number of nitrogens with zero attached hydrogens (tertiary/aromatic N) is 2. The van der Waals surface area contributed by atoms with Gasteiger partial charge in [0.25, 0.3) is 0 Å². The first-order valence-electron chi connectivity index (χ1n) is 9.08. The van der Waals surface area contributed by atoms with Crippen LogP contribution in [0.3, 0.4) is 0 Å². The van der Waals surface area contributed by atoms with E-state index in [4.69, 9.17) is 4.74 Å². The molecule has 1 fully saturated rings. The van der Waals surface area contributed by atoms with Crippen molar-refractivity contribution in [1.29, 1.82) is 0 Å². The molecular weight excluding hydrogens is 298 g/mol. The third-order valence-corrected chi connectivity index (χ3v) is 5.04. The van der Waals surface area contributed by atoms with Gasteiger partial charge in [0.1, 0.15) is 5.75 Å². The first kappa shape index (κ1) is 15.5. The summed E-state index contributed by atoms with van der Waals surface area (Å²) >= 11 is 0. The van der Waals surface area contributed by atoms with E-state index < -0.39 is 0 Å². The second-order valence-corrected chi connectivity index (χ2v) is 6.66. The highest BCUT2D eigenvalue weighted by atomic mass is 16.5. The maximum atomic E-state index is 6.13. The molecule has 4 heteroatoms. The number of H-pyrrole nitrogens is 1. The van der Waals surface area contributed by atoms with Crippen molar-refractivity contribution in [2.75, 3.05) is 26.2 Å². The van der Waals surface area contributed by atoms with Gasteiger partial charge in [-0.1, -0.05) is 6.92 Å². The zero-order valence-electron chi connectivity index (χ0n) is 14.3. The van der Waals surface area contributed by atoms with Crippen molar-refractivity contribution in [3.05, 3.63) is 36.2 Å². The lowest BCUT2D eigenvalue weighted by atomic mass is 10.1. The van der Waals surface area contributed by atoms with Crippen LogP contribution in [0, 0.1) is 0 Å². The Bertz CT molecular complexity index is 833. The molecule has 3 aromatic rings. The topological polar surface area (TPSA) is 41.1 Å². The van der Waals surface area contributed by atoms with E-state index in [1.807, 2.05) is 18.5 Å². The maximum Gasteiger partial charge on any atom is 0.124 e. The molecular formula is C20H25N3O. The number of pyridine rings is 1. The van der Waals surface area contributed by atoms with Gasteiger partial charge in [0.15, 0.2) is 0 Å². The van der Waals surface area contributed by atoms with Crippen molar-refractivity contribution in [2.45, 2.75) is 32.6 Å². The molecule has 0 radical (unpaired) electrons. The highest BCUT2D eigenvalue weighted by Gasteiger charge is 2.12. The van der Waals surface area contributed by atoms with Crippen LogP contribution < -0.4 is 4.74 Å². The van der Waals surface area contributed by atoms with Crippen LogP contribution in [0.25, 0.3) is 21.8 Å². The molecule has 0 spiro atoms. The van der Waals surface area contributed by atoms with Crippen molar-refractivity contribution in [2.24, 2.45) is 0 Å². The highest BCUT2D eigenvalue weighted by molar-refractivity contribution is 6.07. The van der Waals surface area contributed by atoms with Gasteiger partial charge in [-0.25, -0.2) is 0 Å². The number of aromatic nitrogens is 2. The Morgan fingerprint density at radius 3 is 2.88 bits per heavy atom. The molecule has 3 heterocycles. The Kier molecular flexibility index (Phi) is 4.39. The number of ether oxygens (including phenoxy) is 1. The average Bonchev–Trinajstić information content (AvgIpc) is 3.25. The van der Waals surface area contributed by atoms with E-state index in [0.29, 0.717) is 0 Å². The molecule has 1 aliphatic rings. The number of hydrogen-bond donors (Lipinski definition) is 1. The van der Waals surface area contributed by atoms with Crippen LogP contribution >= 0.6 is 0 Å². The van der Waals surface area contributed by atoms with Gasteiger partial charge in [0.2, 0.25) is 0 Å². The smallest absolute Gasteiger partial charge is 0.124 e. The number of nitrogens with one attached hydrogen (secondary N) is 1. The molecule has 0 aliphatic carbocycles. The molecule has 24 heavy (non-hydrogen) atoms. The summed E-state index contributed by atoms with van der Waals surface area (Å²) in [5.41, 5.74) is 3.53. The molecule has 1 aromatic carbocycles. The number of hydrogen-bond acceptors (Lipinski definition) is 3. The Balaban J connectivity index is 1.52. The molecule has 0 atom stereocenters. The summed E-state index contributed by atoms with van der Waals surface area (Å²) in [7, 11) is 0. The van der Waals surface area contributed by atoms with Crippen LogP contribution in [0.4, 0.5) is 0 Å². The molecule has 0 amide bonds. The number of benzene rings is 1. The van der Waals surface area contributed by atoms with Crippen LogP contribution in [0.15, 0.2) is 30.6 Å². The van der Waals surface area contributed by atoms with E-state index in [1.165, 1.54) is 42.3 Å². The minimum Gasteiger partial charge on any atom is -0.493 e. The van der Waals surface area contributed by atoms with Crippen molar-refractivity contribution in [3.8, 4) is 5.75 Å². The zero-order valence-corrected chi connectivity index (χ0v) is 14.3. The summed E-state index contributed by atoms with van der Waals surface area (Å²) in [6, 6.07) is 6.44. The first-order chi connectivity index (χ1) is 11.8. The van der Waals surface area contributed by atoms with Gasteiger partial charge in [0, 0.05) is 41.3 Å². The highest BCUT2D eigenvalue weighted by Crippen LogP contribution is 2.31. The monoisotopic (exact) mass is 323 g/mol. The first-order valence-corrected chi connectivity index (χ1v) is 9.08. The molecule has 1 aliphatic heterocycles. The lowest BCUT2D eigenvalue weighted by molar-refractivity contribution is 0.262. The minimum absolute atomic E-state index is 0.788. The minimum atomic E-state index is 0.788. The normalized spacial score (nSPS) is 15.5. The standard InChI is InChI=1S/C20H25N3O/c1-2-15-12-16-17-14-21-7-6-18(17)22-19(16)13-20(15)24-11-5-10-23-8-3-4-9-23/h6-7,12-14,22H,2-5,8-11H2,1H3. The van der Waals surface area contributed by atoms with Crippen molar-refractivity contribution < 1.29 is 4.74 Å². The van der Waals surface area contributed by atoms with Gasteiger partial charge in [0.05, 0.1) is 12.1 Å². The molecule has 1 saturated heterocycles. The molecule has 2 aromatic heterocycles. The second-order valence-electron chi connectivity index (χ2n) is 6.66. The summed E-state index contributed by atoms with van der Waals surface area (Å²) in [4.78, 5) is 10.3. The fraction of sp³-hybridized carbons (Fsp3) is 0.450. The predicted octanol–water partition coefficient (Wildman–Crippen LogP) is 4.14. The van der Waals surface area contributed by atoms with E-state index in [1.54, 1.807) is 0 Å². The Labute approximate surface area is 142 Å². The molecule has 4 rings (SSSR count). The fourth-order valence-corrected chi connectivity index (χ4v) is 3.70. The predicted molar refractivity (Wildman–Crippen MR) is 98.8 cm³/mol. The van der Waals surface area contributed by atoms with E-state index >= 15 is 0 Å². The number of likely N-dealkylation sites (tertiary alicyclic amines) is 1. The number of aryl methyl sites for hydroxylation is 1. The summed E-state index contributed by atoms with van der Waals surface area (Å²) < 4.78 is 6.13. The van der Waals surface area contributed by atoms with Gasteiger partial charge in [-0.15, -0.1) is 0 Å². The SMILES string of the molecule is CCc1cc2c(cc1OCCCN1CCCC1)[nH]c1ccncc12. The number of rotatable bonds is 6. The summed E-state index contributed by atoms with van der Waals surface area (Å²) in [5, 5.41) is 2.42. The van der Waals surface area contributed by atoms with Crippen molar-refractivity contribution in [3.63, 3.8) is 0 Å². The van der Waals surface area contributed by atoms with Crippen molar-refractivity contribution >= 4 is 21.8 Å². The van der Waals surface area contributed by atoms with Gasteiger partial charge in [-0.05, 0) is 56.5 Å². The van der Waals surface area contributed by atoms with Gasteiger partial charge < -0.3 is 14.6 Å². The molecule has 1 N–H and O–H groups in total. The van der Waals surface area contributed by atoms with Crippen LogP contribution in [0.2, 0.25) is 0 Å². The molecule has 126 valence electrons. The Morgan fingerprint density at radius 2 is 2.04 bits per heavy atom. The fourth-order valence-electron chi connectivity index (χ4n) is 3.70. The maximum absolute atomic E-state index is 6.13. The van der Waals surface area contributed by atoms with E-state index in [9.17, 15) is 0 Å². The molecule has 0 unspecified atom stereocenters.